The van der Waals surface area contributed by atoms with Gasteiger partial charge in [0.1, 0.15) is 0 Å². The van der Waals surface area contributed by atoms with Crippen molar-refractivity contribution < 1.29 is 4.79 Å². The van der Waals surface area contributed by atoms with Gasteiger partial charge in [-0.15, -0.1) is 5.10 Å². The molecule has 0 aliphatic rings. The number of rotatable bonds is 1. The van der Waals surface area contributed by atoms with Crippen LogP contribution in [0.5, 0.6) is 0 Å². The molecule has 2 aromatic rings. The highest BCUT2D eigenvalue weighted by Crippen LogP contribution is 2.05. The summed E-state index contributed by atoms with van der Waals surface area (Å²) in [5, 5.41) is 4.23. The Kier molecular flexibility index (Phi) is 1.51. The normalized spacial score (nSPS) is 10.4. The third-order valence-corrected chi connectivity index (χ3v) is 1.48. The predicted octanol–water partition coefficient (Wildman–Crippen LogP) is 0.590. The van der Waals surface area contributed by atoms with Gasteiger partial charge in [0.25, 0.3) is 5.78 Å². The monoisotopic (exact) mass is 182 g/mol. The lowest BCUT2D eigenvalue weighted by Gasteiger charge is -1.88. The highest BCUT2D eigenvalue weighted by atomic mass is 35.5. The summed E-state index contributed by atoms with van der Waals surface area (Å²) in [5.74, 6) is 0.464. The molecular formula is C6H3ClN4O. The molecule has 0 saturated heterocycles. The van der Waals surface area contributed by atoms with Gasteiger partial charge in [0, 0.05) is 0 Å². The summed E-state index contributed by atoms with van der Waals surface area (Å²) in [6.07, 6.45) is 3.53. The Morgan fingerprint density at radius 1 is 1.58 bits per heavy atom. The van der Waals surface area contributed by atoms with Gasteiger partial charge in [-0.1, -0.05) is 11.6 Å². The molecule has 0 unspecified atom stereocenters. The molecule has 5 nitrogen and oxygen atoms in total. The maximum absolute atomic E-state index is 10.3. The number of carbonyl (C=O) groups is 1. The van der Waals surface area contributed by atoms with Crippen molar-refractivity contribution in [2.75, 3.05) is 0 Å². The van der Waals surface area contributed by atoms with Gasteiger partial charge in [0.2, 0.25) is 5.82 Å². The van der Waals surface area contributed by atoms with Gasteiger partial charge in [-0.3, -0.25) is 4.79 Å². The van der Waals surface area contributed by atoms with Crippen molar-refractivity contribution in [1.82, 2.24) is 19.6 Å². The van der Waals surface area contributed by atoms with Gasteiger partial charge in [0.05, 0.1) is 17.4 Å². The van der Waals surface area contributed by atoms with E-state index in [0.29, 0.717) is 17.1 Å². The molecule has 0 bridgehead atoms. The summed E-state index contributed by atoms with van der Waals surface area (Å²) in [7, 11) is 0. The van der Waals surface area contributed by atoms with Crippen molar-refractivity contribution in [1.29, 1.82) is 0 Å². The fourth-order valence-corrected chi connectivity index (χ4v) is 0.966. The standard InChI is InChI=1S/C6H3ClN4O/c7-4-1-8-6-9-5(3-12)10-11(6)2-4/h1-3H. The molecule has 0 atom stereocenters. The maximum Gasteiger partial charge on any atom is 0.252 e. The molecule has 12 heavy (non-hydrogen) atoms. The molecule has 2 aromatic heterocycles. The molecule has 0 spiro atoms. The molecule has 0 N–H and O–H groups in total. The number of halogens is 1. The van der Waals surface area contributed by atoms with Crippen molar-refractivity contribution in [3.8, 4) is 0 Å². The number of fused-ring (bicyclic) bond motifs is 1. The zero-order valence-electron chi connectivity index (χ0n) is 5.81. The molecule has 2 heterocycles. The second-order valence-electron chi connectivity index (χ2n) is 2.10. The van der Waals surface area contributed by atoms with Crippen LogP contribution >= 0.6 is 11.6 Å². The fourth-order valence-electron chi connectivity index (χ4n) is 0.825. The van der Waals surface area contributed by atoms with E-state index in [0.717, 1.165) is 0 Å². The molecule has 0 aromatic carbocycles. The van der Waals surface area contributed by atoms with Gasteiger partial charge in [-0.25, -0.2) is 9.50 Å². The van der Waals surface area contributed by atoms with Crippen LogP contribution in [0.15, 0.2) is 12.4 Å². The van der Waals surface area contributed by atoms with Gasteiger partial charge < -0.3 is 0 Å². The van der Waals surface area contributed by atoms with E-state index in [-0.39, 0.29) is 5.82 Å². The second kappa shape index (κ2) is 2.53. The van der Waals surface area contributed by atoms with E-state index in [1.165, 1.54) is 16.9 Å². The van der Waals surface area contributed by atoms with E-state index in [2.05, 4.69) is 15.1 Å². The zero-order valence-corrected chi connectivity index (χ0v) is 6.56. The second-order valence-corrected chi connectivity index (χ2v) is 2.54. The Bertz CT molecular complexity index is 438. The van der Waals surface area contributed by atoms with E-state index < -0.39 is 0 Å². The third-order valence-electron chi connectivity index (χ3n) is 1.28. The van der Waals surface area contributed by atoms with Crippen LogP contribution in [-0.2, 0) is 0 Å². The smallest absolute Gasteiger partial charge is 0.252 e. The molecule has 0 amide bonds. The van der Waals surface area contributed by atoms with E-state index >= 15 is 0 Å². The van der Waals surface area contributed by atoms with Crippen LogP contribution in [0.25, 0.3) is 5.78 Å². The number of carbonyl (C=O) groups excluding carboxylic acids is 1. The van der Waals surface area contributed by atoms with Gasteiger partial charge >= 0.3 is 0 Å². The number of hydrogen-bond donors (Lipinski definition) is 0. The van der Waals surface area contributed by atoms with E-state index in [9.17, 15) is 4.79 Å². The van der Waals surface area contributed by atoms with Crippen molar-refractivity contribution >= 4 is 23.7 Å². The molecule has 0 aliphatic carbocycles. The van der Waals surface area contributed by atoms with Crippen LogP contribution in [-0.4, -0.2) is 25.9 Å². The average Bonchev–Trinajstić information content (AvgIpc) is 2.46. The Morgan fingerprint density at radius 2 is 2.42 bits per heavy atom. The zero-order chi connectivity index (χ0) is 8.55. The first-order chi connectivity index (χ1) is 5.79. The number of aldehydes is 1. The lowest BCUT2D eigenvalue weighted by molar-refractivity contribution is 0.111. The lowest BCUT2D eigenvalue weighted by Crippen LogP contribution is -1.89. The highest BCUT2D eigenvalue weighted by molar-refractivity contribution is 6.30. The minimum absolute atomic E-state index is 0.102. The first kappa shape index (κ1) is 7.17. The van der Waals surface area contributed by atoms with Crippen LogP contribution in [0.2, 0.25) is 5.02 Å². The largest absolute Gasteiger partial charge is 0.294 e. The Balaban J connectivity index is 2.75. The molecular weight excluding hydrogens is 180 g/mol. The molecule has 60 valence electrons. The third kappa shape index (κ3) is 1.04. The van der Waals surface area contributed by atoms with Crippen molar-refractivity contribution in [2.24, 2.45) is 0 Å². The van der Waals surface area contributed by atoms with Crippen LogP contribution in [0, 0.1) is 0 Å². The molecule has 0 fully saturated rings. The summed E-state index contributed by atoms with van der Waals surface area (Å²) >= 11 is 5.63. The fraction of sp³-hybridized carbons (Fsp3) is 0. The number of aromatic nitrogens is 4. The number of hydrogen-bond acceptors (Lipinski definition) is 4. The number of nitrogens with zero attached hydrogens (tertiary/aromatic N) is 4. The summed E-state index contributed by atoms with van der Waals surface area (Å²) in [4.78, 5) is 17.9. The quantitative estimate of drug-likeness (QED) is 0.606. The van der Waals surface area contributed by atoms with Gasteiger partial charge in [-0.2, -0.15) is 4.98 Å². The molecule has 0 radical (unpaired) electrons. The van der Waals surface area contributed by atoms with Crippen LogP contribution in [0.1, 0.15) is 10.6 Å². The van der Waals surface area contributed by atoms with E-state index in [1.54, 1.807) is 0 Å². The Hall–Kier alpha value is -1.49. The van der Waals surface area contributed by atoms with Gasteiger partial charge in [0.15, 0.2) is 6.29 Å². The first-order valence-electron chi connectivity index (χ1n) is 3.13. The SMILES string of the molecule is O=Cc1nc2ncc(Cl)cn2n1. The highest BCUT2D eigenvalue weighted by Gasteiger charge is 2.02. The van der Waals surface area contributed by atoms with E-state index in [4.69, 9.17) is 11.6 Å². The van der Waals surface area contributed by atoms with Crippen LogP contribution < -0.4 is 0 Å². The summed E-state index contributed by atoms with van der Waals surface area (Å²) in [5.41, 5.74) is 0. The molecule has 0 saturated carbocycles. The Morgan fingerprint density at radius 3 is 3.17 bits per heavy atom. The maximum atomic E-state index is 10.3. The van der Waals surface area contributed by atoms with Gasteiger partial charge in [-0.05, 0) is 0 Å². The topological polar surface area (TPSA) is 60.2 Å². The van der Waals surface area contributed by atoms with Crippen molar-refractivity contribution in [2.45, 2.75) is 0 Å². The van der Waals surface area contributed by atoms with Crippen molar-refractivity contribution in [3.05, 3.63) is 23.2 Å². The first-order valence-corrected chi connectivity index (χ1v) is 3.50. The lowest BCUT2D eigenvalue weighted by atomic mass is 10.7. The minimum Gasteiger partial charge on any atom is -0.294 e. The van der Waals surface area contributed by atoms with Crippen molar-refractivity contribution in [3.63, 3.8) is 0 Å². The van der Waals surface area contributed by atoms with Crippen LogP contribution in [0.3, 0.4) is 0 Å². The average molecular weight is 183 g/mol. The summed E-state index contributed by atoms with van der Waals surface area (Å²) < 4.78 is 1.35. The summed E-state index contributed by atoms with van der Waals surface area (Å²) in [6, 6.07) is 0. The Labute approximate surface area is 72.0 Å². The molecule has 6 heteroatoms. The van der Waals surface area contributed by atoms with Crippen LogP contribution in [0.4, 0.5) is 0 Å². The molecule has 0 aliphatic heterocycles. The summed E-state index contributed by atoms with van der Waals surface area (Å²) in [6.45, 7) is 0. The van der Waals surface area contributed by atoms with E-state index in [1.807, 2.05) is 0 Å². The molecule has 2 rings (SSSR count). The predicted molar refractivity (Wildman–Crippen MR) is 41.2 cm³/mol. The minimum atomic E-state index is 0.102.